The number of esters is 1. The molecule has 166 valence electrons. The number of aryl methyl sites for hydroxylation is 1. The van der Waals surface area contributed by atoms with Crippen molar-refractivity contribution in [2.45, 2.75) is 57.8 Å². The van der Waals surface area contributed by atoms with Gasteiger partial charge in [0.15, 0.2) is 13.9 Å². The van der Waals surface area contributed by atoms with Gasteiger partial charge in [-0.1, -0.05) is 66.5 Å². The fourth-order valence-corrected chi connectivity index (χ4v) is 5.52. The summed E-state index contributed by atoms with van der Waals surface area (Å²) in [5, 5.41) is 10.9. The second kappa shape index (κ2) is 9.46. The molecule has 4 nitrogen and oxygen atoms in total. The van der Waals surface area contributed by atoms with Gasteiger partial charge < -0.3 is 9.16 Å². The molecule has 0 N–H and O–H groups in total. The van der Waals surface area contributed by atoms with Gasteiger partial charge in [0.1, 0.15) is 6.07 Å². The molecular formula is C24H29BrClNO3Si. The van der Waals surface area contributed by atoms with Gasteiger partial charge in [-0.3, -0.25) is 0 Å². The molecule has 1 atom stereocenters. The van der Waals surface area contributed by atoms with Crippen molar-refractivity contribution >= 4 is 41.8 Å². The fraction of sp³-hybridized carbons (Fsp3) is 0.417. The Hall–Kier alpha value is -1.65. The molecule has 7 heteroatoms. The molecule has 0 aliphatic carbocycles. The minimum Gasteiger partial charge on any atom is -0.465 e. The van der Waals surface area contributed by atoms with Crippen LogP contribution in [0.15, 0.2) is 40.9 Å². The molecule has 1 unspecified atom stereocenters. The maximum atomic E-state index is 11.9. The van der Waals surface area contributed by atoms with Crippen LogP contribution in [0, 0.1) is 18.3 Å². The summed E-state index contributed by atoms with van der Waals surface area (Å²) in [6.45, 7) is 12.6. The average Bonchev–Trinajstić information content (AvgIpc) is 2.67. The number of ether oxygens (including phenoxy) is 1. The highest BCUT2D eigenvalue weighted by Gasteiger charge is 2.47. The van der Waals surface area contributed by atoms with E-state index in [0.717, 1.165) is 11.1 Å². The van der Waals surface area contributed by atoms with Gasteiger partial charge in [-0.25, -0.2) is 4.79 Å². The maximum Gasteiger partial charge on any atom is 0.337 e. The first-order valence-corrected chi connectivity index (χ1v) is 14.1. The minimum atomic E-state index is -2.37. The van der Waals surface area contributed by atoms with Crippen LogP contribution in [0.4, 0.5) is 0 Å². The second-order valence-corrected chi connectivity index (χ2v) is 15.2. The Morgan fingerprint density at radius 2 is 1.87 bits per heavy atom. The van der Waals surface area contributed by atoms with E-state index < -0.39 is 19.9 Å². The summed E-state index contributed by atoms with van der Waals surface area (Å²) >= 11 is 10.2. The van der Waals surface area contributed by atoms with Gasteiger partial charge in [-0.2, -0.15) is 5.26 Å². The lowest BCUT2D eigenvalue weighted by Crippen LogP contribution is -2.49. The van der Waals surface area contributed by atoms with E-state index in [2.05, 4.69) is 55.9 Å². The van der Waals surface area contributed by atoms with Gasteiger partial charge in [0.25, 0.3) is 0 Å². The third-order valence-electron chi connectivity index (χ3n) is 5.96. The van der Waals surface area contributed by atoms with Crippen molar-refractivity contribution in [2.24, 2.45) is 0 Å². The third kappa shape index (κ3) is 5.40. The van der Waals surface area contributed by atoms with E-state index in [-0.39, 0.29) is 11.5 Å². The second-order valence-electron chi connectivity index (χ2n) is 9.21. The van der Waals surface area contributed by atoms with Crippen molar-refractivity contribution in [3.8, 4) is 6.07 Å². The predicted molar refractivity (Wildman–Crippen MR) is 131 cm³/mol. The zero-order valence-electron chi connectivity index (χ0n) is 19.1. The van der Waals surface area contributed by atoms with E-state index in [1.807, 2.05) is 25.1 Å². The van der Waals surface area contributed by atoms with E-state index in [4.69, 9.17) is 20.8 Å². The molecule has 2 aromatic rings. The molecule has 0 radical (unpaired) electrons. The smallest absolute Gasteiger partial charge is 0.337 e. The molecule has 0 heterocycles. The molecule has 0 bridgehead atoms. The van der Waals surface area contributed by atoms with E-state index in [9.17, 15) is 10.1 Å². The van der Waals surface area contributed by atoms with E-state index in [1.165, 1.54) is 7.11 Å². The summed E-state index contributed by atoms with van der Waals surface area (Å²) in [5.74, 6) is -0.418. The molecule has 2 aromatic carbocycles. The van der Waals surface area contributed by atoms with E-state index in [1.54, 1.807) is 18.2 Å². The number of halogens is 2. The Morgan fingerprint density at radius 3 is 2.35 bits per heavy atom. The average molecular weight is 523 g/mol. The van der Waals surface area contributed by atoms with Gasteiger partial charge in [-0.15, -0.1) is 0 Å². The highest BCUT2D eigenvalue weighted by atomic mass is 79.9. The Kier molecular flexibility index (Phi) is 7.81. The van der Waals surface area contributed by atoms with Crippen LogP contribution >= 0.6 is 27.5 Å². The monoisotopic (exact) mass is 521 g/mol. The number of hydrogen-bond acceptors (Lipinski definition) is 4. The quantitative estimate of drug-likeness (QED) is 0.298. The number of carbonyl (C=O) groups excluding carboxylic acids is 1. The van der Waals surface area contributed by atoms with Crippen LogP contribution in [-0.2, 0) is 21.2 Å². The molecule has 0 saturated heterocycles. The zero-order valence-corrected chi connectivity index (χ0v) is 22.4. The van der Waals surface area contributed by atoms with E-state index in [0.29, 0.717) is 20.6 Å². The number of hydrogen-bond donors (Lipinski definition) is 0. The van der Waals surface area contributed by atoms with Crippen LogP contribution < -0.4 is 0 Å². The first-order chi connectivity index (χ1) is 14.3. The van der Waals surface area contributed by atoms with Crippen LogP contribution in [0.5, 0.6) is 0 Å². The lowest BCUT2D eigenvalue weighted by Gasteiger charge is -2.43. The normalized spacial score (nSPS) is 13.9. The summed E-state index contributed by atoms with van der Waals surface area (Å²) in [7, 11) is -1.02. The van der Waals surface area contributed by atoms with Gasteiger partial charge in [0.2, 0.25) is 0 Å². The summed E-state index contributed by atoms with van der Waals surface area (Å²) in [6.07, 6.45) is 0.280. The highest BCUT2D eigenvalue weighted by molar-refractivity contribution is 9.10. The zero-order chi connectivity index (χ0) is 23.6. The molecule has 31 heavy (non-hydrogen) atoms. The van der Waals surface area contributed by atoms with Crippen LogP contribution in [-0.4, -0.2) is 21.4 Å². The summed E-state index contributed by atoms with van der Waals surface area (Å²) in [6, 6.07) is 13.3. The number of nitrogens with zero attached hydrogens (tertiary/aromatic N) is 1. The number of nitriles is 1. The Labute approximate surface area is 199 Å². The molecular weight excluding hydrogens is 494 g/mol. The molecule has 0 saturated carbocycles. The standard InChI is InChI=1S/C24H29BrClNO3Si/c1-16-9-8-10-20(26)21(16)24(15-27,30-31(6,7)23(2,3)4)14-18-12-11-17(13-19(18)25)22(28)29-5/h8-13H,14H2,1-7H3. The van der Waals surface area contributed by atoms with Crippen LogP contribution in [0.25, 0.3) is 0 Å². The van der Waals surface area contributed by atoms with Crippen LogP contribution in [0.3, 0.4) is 0 Å². The van der Waals surface area contributed by atoms with Gasteiger partial charge in [0.05, 0.1) is 12.7 Å². The SMILES string of the molecule is COC(=O)c1ccc(CC(C#N)(O[Si](C)(C)C(C)(C)C)c2c(C)cccc2Cl)c(Br)c1. The first-order valence-electron chi connectivity index (χ1n) is 10.0. The Bertz CT molecular complexity index is 1010. The van der Waals surface area contributed by atoms with Crippen molar-refractivity contribution in [1.29, 1.82) is 5.26 Å². The van der Waals surface area contributed by atoms with Crippen LogP contribution in [0.1, 0.15) is 47.8 Å². The summed E-state index contributed by atoms with van der Waals surface area (Å²) in [5.41, 5.74) is 1.58. The van der Waals surface area contributed by atoms with E-state index >= 15 is 0 Å². The Morgan fingerprint density at radius 1 is 1.23 bits per heavy atom. The lowest BCUT2D eigenvalue weighted by atomic mass is 9.85. The van der Waals surface area contributed by atoms with Crippen molar-refractivity contribution in [3.63, 3.8) is 0 Å². The third-order valence-corrected chi connectivity index (χ3v) is 11.5. The van der Waals surface area contributed by atoms with Crippen molar-refractivity contribution in [3.05, 3.63) is 68.1 Å². The van der Waals surface area contributed by atoms with Gasteiger partial charge >= 0.3 is 5.97 Å². The maximum absolute atomic E-state index is 11.9. The molecule has 0 spiro atoms. The molecule has 0 aliphatic rings. The molecule has 0 amide bonds. The number of methoxy groups -OCH3 is 1. The Balaban J connectivity index is 2.69. The molecule has 0 fully saturated rings. The van der Waals surface area contributed by atoms with Gasteiger partial charge in [-0.05, 0) is 54.4 Å². The molecule has 0 aliphatic heterocycles. The fourth-order valence-electron chi connectivity index (χ4n) is 3.23. The largest absolute Gasteiger partial charge is 0.465 e. The highest BCUT2D eigenvalue weighted by Crippen LogP contribution is 2.45. The summed E-state index contributed by atoms with van der Waals surface area (Å²) < 4.78 is 12.3. The first kappa shape index (κ1) is 25.6. The predicted octanol–water partition coefficient (Wildman–Crippen LogP) is 7.18. The van der Waals surface area contributed by atoms with Crippen molar-refractivity contribution < 1.29 is 14.0 Å². The molecule has 2 rings (SSSR count). The lowest BCUT2D eigenvalue weighted by molar-refractivity contribution is 0.0600. The number of carbonyl (C=O) groups is 1. The van der Waals surface area contributed by atoms with Crippen molar-refractivity contribution in [1.82, 2.24) is 0 Å². The molecule has 0 aromatic heterocycles. The van der Waals surface area contributed by atoms with Crippen LogP contribution in [0.2, 0.25) is 23.2 Å². The summed E-state index contributed by atoms with van der Waals surface area (Å²) in [4.78, 5) is 11.9. The minimum absolute atomic E-state index is 0.101. The topological polar surface area (TPSA) is 59.3 Å². The number of rotatable bonds is 6. The van der Waals surface area contributed by atoms with Crippen molar-refractivity contribution in [2.75, 3.05) is 7.11 Å². The van der Waals surface area contributed by atoms with Gasteiger partial charge in [0, 0.05) is 21.5 Å². The number of benzene rings is 2.